The van der Waals surface area contributed by atoms with Crippen LogP contribution in [0.5, 0.6) is 0 Å². The Balaban J connectivity index is 2.07. The van der Waals surface area contributed by atoms with Crippen molar-refractivity contribution in [3.63, 3.8) is 0 Å². The zero-order valence-electron chi connectivity index (χ0n) is 11.6. The monoisotopic (exact) mass is 284 g/mol. The SMILES string of the molecule is CCC1CN(Cc2ccc(F)c(Cl)c2)C(CC)CN1. The fraction of sp³-hybridized carbons (Fsp3) is 0.600. The molecule has 19 heavy (non-hydrogen) atoms. The van der Waals surface area contributed by atoms with Crippen LogP contribution in [0.25, 0.3) is 0 Å². The summed E-state index contributed by atoms with van der Waals surface area (Å²) >= 11 is 5.85. The predicted molar refractivity (Wildman–Crippen MR) is 78.0 cm³/mol. The van der Waals surface area contributed by atoms with Crippen molar-refractivity contribution in [2.75, 3.05) is 13.1 Å². The van der Waals surface area contributed by atoms with Gasteiger partial charge in [0.05, 0.1) is 5.02 Å². The first kappa shape index (κ1) is 14.8. The molecule has 0 radical (unpaired) electrons. The summed E-state index contributed by atoms with van der Waals surface area (Å²) in [6, 6.07) is 6.13. The molecular formula is C15H22ClFN2. The number of rotatable bonds is 4. The summed E-state index contributed by atoms with van der Waals surface area (Å²) < 4.78 is 13.2. The second-order valence-electron chi connectivity index (χ2n) is 5.25. The average Bonchev–Trinajstić information content (AvgIpc) is 2.43. The first-order chi connectivity index (χ1) is 9.13. The Bertz CT molecular complexity index is 425. The second-order valence-corrected chi connectivity index (χ2v) is 5.66. The topological polar surface area (TPSA) is 15.3 Å². The number of benzene rings is 1. The average molecular weight is 285 g/mol. The molecule has 2 rings (SSSR count). The highest BCUT2D eigenvalue weighted by Gasteiger charge is 2.25. The molecule has 1 saturated heterocycles. The molecular weight excluding hydrogens is 263 g/mol. The lowest BCUT2D eigenvalue weighted by molar-refractivity contribution is 0.117. The lowest BCUT2D eigenvalue weighted by Crippen LogP contribution is -2.55. The summed E-state index contributed by atoms with van der Waals surface area (Å²) in [4.78, 5) is 2.48. The van der Waals surface area contributed by atoms with E-state index in [-0.39, 0.29) is 10.8 Å². The normalized spacial score (nSPS) is 24.6. The minimum Gasteiger partial charge on any atom is -0.311 e. The number of hydrogen-bond acceptors (Lipinski definition) is 2. The Hall–Kier alpha value is -0.640. The van der Waals surface area contributed by atoms with Gasteiger partial charge in [0.25, 0.3) is 0 Å². The van der Waals surface area contributed by atoms with E-state index >= 15 is 0 Å². The summed E-state index contributed by atoms with van der Waals surface area (Å²) in [6.45, 7) is 7.34. The molecule has 2 nitrogen and oxygen atoms in total. The molecule has 0 amide bonds. The van der Waals surface area contributed by atoms with Gasteiger partial charge in [-0.2, -0.15) is 0 Å². The molecule has 1 aliphatic rings. The highest BCUT2D eigenvalue weighted by molar-refractivity contribution is 6.30. The van der Waals surface area contributed by atoms with E-state index < -0.39 is 0 Å². The largest absolute Gasteiger partial charge is 0.311 e. The van der Waals surface area contributed by atoms with Crippen molar-refractivity contribution in [2.45, 2.75) is 45.3 Å². The van der Waals surface area contributed by atoms with Crippen LogP contribution in [0.2, 0.25) is 5.02 Å². The first-order valence-electron chi connectivity index (χ1n) is 7.05. The maximum atomic E-state index is 13.2. The van der Waals surface area contributed by atoms with Crippen LogP contribution in [-0.2, 0) is 6.54 Å². The molecule has 0 aliphatic carbocycles. The number of hydrogen-bond donors (Lipinski definition) is 1. The van der Waals surface area contributed by atoms with Gasteiger partial charge in [-0.3, -0.25) is 4.90 Å². The van der Waals surface area contributed by atoms with E-state index in [2.05, 4.69) is 24.1 Å². The Kier molecular flexibility index (Phi) is 5.20. The van der Waals surface area contributed by atoms with Gasteiger partial charge in [-0.05, 0) is 30.5 Å². The van der Waals surface area contributed by atoms with Crippen molar-refractivity contribution in [1.29, 1.82) is 0 Å². The van der Waals surface area contributed by atoms with Crippen LogP contribution in [0, 0.1) is 5.82 Å². The molecule has 0 aromatic heterocycles. The van der Waals surface area contributed by atoms with Crippen LogP contribution in [0.4, 0.5) is 4.39 Å². The van der Waals surface area contributed by atoms with Crippen molar-refractivity contribution in [1.82, 2.24) is 10.2 Å². The molecule has 1 aromatic carbocycles. The van der Waals surface area contributed by atoms with Gasteiger partial charge in [-0.25, -0.2) is 4.39 Å². The van der Waals surface area contributed by atoms with E-state index in [0.29, 0.717) is 12.1 Å². The Morgan fingerprint density at radius 3 is 2.79 bits per heavy atom. The third-order valence-corrected chi connectivity index (χ3v) is 4.24. The van der Waals surface area contributed by atoms with E-state index in [0.717, 1.165) is 38.0 Å². The van der Waals surface area contributed by atoms with Crippen molar-refractivity contribution in [3.8, 4) is 0 Å². The molecule has 106 valence electrons. The third-order valence-electron chi connectivity index (χ3n) is 3.95. The molecule has 1 heterocycles. The molecule has 2 atom stereocenters. The van der Waals surface area contributed by atoms with E-state index in [4.69, 9.17) is 11.6 Å². The van der Waals surface area contributed by atoms with Crippen LogP contribution >= 0.6 is 11.6 Å². The molecule has 1 N–H and O–H groups in total. The number of nitrogens with zero attached hydrogens (tertiary/aromatic N) is 1. The molecule has 2 unspecified atom stereocenters. The smallest absolute Gasteiger partial charge is 0.141 e. The maximum absolute atomic E-state index is 13.2. The predicted octanol–water partition coefficient (Wildman–Crippen LogP) is 3.44. The Morgan fingerprint density at radius 1 is 1.37 bits per heavy atom. The van der Waals surface area contributed by atoms with Gasteiger partial charge in [0.2, 0.25) is 0 Å². The third kappa shape index (κ3) is 3.68. The van der Waals surface area contributed by atoms with Crippen molar-refractivity contribution in [3.05, 3.63) is 34.6 Å². The van der Waals surface area contributed by atoms with Crippen molar-refractivity contribution >= 4 is 11.6 Å². The molecule has 0 saturated carbocycles. The van der Waals surface area contributed by atoms with Gasteiger partial charge in [0.1, 0.15) is 5.82 Å². The Labute approximate surface area is 119 Å². The lowest BCUT2D eigenvalue weighted by atomic mass is 10.0. The van der Waals surface area contributed by atoms with Gasteiger partial charge in [-0.1, -0.05) is 31.5 Å². The standard InChI is InChI=1S/C15H22ClFN2/c1-3-12-10-19(13(4-2)8-18-12)9-11-5-6-15(17)14(16)7-11/h5-7,12-13,18H,3-4,8-10H2,1-2H3. The molecule has 0 spiro atoms. The van der Waals surface area contributed by atoms with Crippen molar-refractivity contribution in [2.24, 2.45) is 0 Å². The van der Waals surface area contributed by atoms with Crippen LogP contribution in [-0.4, -0.2) is 30.1 Å². The van der Waals surface area contributed by atoms with E-state index in [1.807, 2.05) is 6.07 Å². The van der Waals surface area contributed by atoms with E-state index in [1.54, 1.807) is 6.07 Å². The molecule has 1 fully saturated rings. The minimum absolute atomic E-state index is 0.215. The highest BCUT2D eigenvalue weighted by atomic mass is 35.5. The number of piperazine rings is 1. The Morgan fingerprint density at radius 2 is 2.16 bits per heavy atom. The van der Waals surface area contributed by atoms with E-state index in [1.165, 1.54) is 6.07 Å². The highest BCUT2D eigenvalue weighted by Crippen LogP contribution is 2.20. The van der Waals surface area contributed by atoms with Gasteiger partial charge in [-0.15, -0.1) is 0 Å². The fourth-order valence-corrected chi connectivity index (χ4v) is 2.87. The summed E-state index contributed by atoms with van der Waals surface area (Å²) in [5, 5.41) is 3.79. The summed E-state index contributed by atoms with van der Waals surface area (Å²) in [5.41, 5.74) is 1.08. The number of halogens is 2. The van der Waals surface area contributed by atoms with E-state index in [9.17, 15) is 4.39 Å². The van der Waals surface area contributed by atoms with Crippen LogP contribution in [0.3, 0.4) is 0 Å². The van der Waals surface area contributed by atoms with Crippen LogP contribution in [0.1, 0.15) is 32.3 Å². The molecule has 0 bridgehead atoms. The summed E-state index contributed by atoms with van der Waals surface area (Å²) in [5.74, 6) is -0.343. The first-order valence-corrected chi connectivity index (χ1v) is 7.43. The maximum Gasteiger partial charge on any atom is 0.141 e. The summed E-state index contributed by atoms with van der Waals surface area (Å²) in [7, 11) is 0. The zero-order chi connectivity index (χ0) is 13.8. The molecule has 1 aliphatic heterocycles. The lowest BCUT2D eigenvalue weighted by Gasteiger charge is -2.40. The van der Waals surface area contributed by atoms with Gasteiger partial charge in [0, 0.05) is 31.7 Å². The van der Waals surface area contributed by atoms with Crippen LogP contribution in [0.15, 0.2) is 18.2 Å². The second kappa shape index (κ2) is 6.69. The summed E-state index contributed by atoms with van der Waals surface area (Å²) in [6.07, 6.45) is 2.26. The van der Waals surface area contributed by atoms with Crippen LogP contribution < -0.4 is 5.32 Å². The van der Waals surface area contributed by atoms with Crippen molar-refractivity contribution < 1.29 is 4.39 Å². The fourth-order valence-electron chi connectivity index (χ4n) is 2.67. The van der Waals surface area contributed by atoms with Gasteiger partial charge >= 0.3 is 0 Å². The minimum atomic E-state index is -0.343. The molecule has 1 aromatic rings. The molecule has 4 heteroatoms. The van der Waals surface area contributed by atoms with Gasteiger partial charge in [0.15, 0.2) is 0 Å². The zero-order valence-corrected chi connectivity index (χ0v) is 12.4. The quantitative estimate of drug-likeness (QED) is 0.911. The van der Waals surface area contributed by atoms with Gasteiger partial charge < -0.3 is 5.32 Å². The number of nitrogens with one attached hydrogen (secondary N) is 1.